The van der Waals surface area contributed by atoms with Gasteiger partial charge in [-0.2, -0.15) is 0 Å². The maximum Gasteiger partial charge on any atom is 0.119 e. The molecule has 0 atom stereocenters. The topological polar surface area (TPSA) is 9.23 Å². The molecule has 1 aromatic rings. The Bertz CT molecular complexity index is 433. The molecule has 0 aliphatic heterocycles. The Labute approximate surface area is 132 Å². The molecule has 0 radical (unpaired) electrons. The van der Waals surface area contributed by atoms with Crippen molar-refractivity contribution >= 4 is 15.9 Å². The third-order valence-corrected chi connectivity index (χ3v) is 5.80. The van der Waals surface area contributed by atoms with Crippen LogP contribution in [0.3, 0.4) is 0 Å². The average molecular weight is 339 g/mol. The van der Waals surface area contributed by atoms with Crippen LogP contribution in [0.2, 0.25) is 0 Å². The third kappa shape index (κ3) is 3.78. The summed E-state index contributed by atoms with van der Waals surface area (Å²) in [6, 6.07) is 6.55. The minimum atomic E-state index is 0.350. The quantitative estimate of drug-likeness (QED) is 0.612. The van der Waals surface area contributed by atoms with Gasteiger partial charge in [-0.3, -0.25) is 0 Å². The summed E-state index contributed by atoms with van der Waals surface area (Å²) in [4.78, 5) is 0. The van der Waals surface area contributed by atoms with Crippen molar-refractivity contribution in [3.63, 3.8) is 0 Å². The lowest BCUT2D eigenvalue weighted by molar-refractivity contribution is 0.122. The van der Waals surface area contributed by atoms with Crippen LogP contribution in [0, 0.1) is 12.3 Å². The molecule has 0 heterocycles. The number of hydrogen-bond donors (Lipinski definition) is 0. The normalized spacial score (nSPS) is 18.2. The first kappa shape index (κ1) is 15.9. The van der Waals surface area contributed by atoms with Gasteiger partial charge in [0.1, 0.15) is 5.75 Å². The van der Waals surface area contributed by atoms with E-state index in [0.717, 1.165) is 17.7 Å². The van der Waals surface area contributed by atoms with Gasteiger partial charge in [-0.1, -0.05) is 55.1 Å². The largest absolute Gasteiger partial charge is 0.493 e. The molecule has 2 rings (SSSR count). The lowest BCUT2D eigenvalue weighted by Crippen LogP contribution is -2.32. The highest BCUT2D eigenvalue weighted by Gasteiger charge is 2.31. The van der Waals surface area contributed by atoms with Gasteiger partial charge in [-0.15, -0.1) is 0 Å². The second-order valence-electron chi connectivity index (χ2n) is 6.66. The van der Waals surface area contributed by atoms with Gasteiger partial charge < -0.3 is 4.74 Å². The number of alkyl halides is 1. The van der Waals surface area contributed by atoms with E-state index < -0.39 is 0 Å². The van der Waals surface area contributed by atoms with Gasteiger partial charge in [-0.05, 0) is 48.9 Å². The van der Waals surface area contributed by atoms with E-state index in [1.807, 2.05) is 0 Å². The van der Waals surface area contributed by atoms with Crippen LogP contribution in [0.5, 0.6) is 5.75 Å². The number of rotatable bonds is 5. The Hall–Kier alpha value is -0.500. The zero-order valence-electron chi connectivity index (χ0n) is 13.0. The number of halogens is 1. The first-order chi connectivity index (χ1) is 9.56. The van der Waals surface area contributed by atoms with E-state index in [0.29, 0.717) is 11.3 Å². The van der Waals surface area contributed by atoms with E-state index in [1.165, 1.54) is 43.2 Å². The van der Waals surface area contributed by atoms with Crippen LogP contribution < -0.4 is 4.74 Å². The van der Waals surface area contributed by atoms with Crippen LogP contribution in [0.4, 0.5) is 0 Å². The van der Waals surface area contributed by atoms with Gasteiger partial charge >= 0.3 is 0 Å². The Morgan fingerprint density at radius 2 is 1.90 bits per heavy atom. The van der Waals surface area contributed by atoms with Crippen molar-refractivity contribution in [1.29, 1.82) is 0 Å². The number of aryl methyl sites for hydroxylation is 1. The van der Waals surface area contributed by atoms with Gasteiger partial charge in [0.2, 0.25) is 0 Å². The Balaban J connectivity index is 2.01. The molecule has 112 valence electrons. The smallest absolute Gasteiger partial charge is 0.119 e. The molecule has 0 aromatic heterocycles. The molecule has 1 saturated carbocycles. The second kappa shape index (κ2) is 6.98. The lowest BCUT2D eigenvalue weighted by Gasteiger charge is -2.35. The highest BCUT2D eigenvalue weighted by molar-refractivity contribution is 9.09. The summed E-state index contributed by atoms with van der Waals surface area (Å²) in [6.45, 7) is 7.51. The molecule has 1 aromatic carbocycles. The average Bonchev–Trinajstić information content (AvgIpc) is 2.46. The second-order valence-corrected chi connectivity index (χ2v) is 7.22. The molecule has 1 aliphatic carbocycles. The fourth-order valence-electron chi connectivity index (χ4n) is 3.24. The van der Waals surface area contributed by atoms with Crippen molar-refractivity contribution in [3.05, 3.63) is 29.3 Å². The summed E-state index contributed by atoms with van der Waals surface area (Å²) in [6.07, 6.45) is 6.67. The first-order valence-corrected chi connectivity index (χ1v) is 8.98. The van der Waals surface area contributed by atoms with Crippen molar-refractivity contribution in [2.24, 2.45) is 5.41 Å². The summed E-state index contributed by atoms with van der Waals surface area (Å²) >= 11 is 3.71. The van der Waals surface area contributed by atoms with Crippen molar-refractivity contribution in [2.45, 2.75) is 58.8 Å². The van der Waals surface area contributed by atoms with Crippen LogP contribution in [0.1, 0.15) is 63.0 Å². The predicted octanol–water partition coefficient (Wildman–Crippen LogP) is 5.84. The molecule has 1 fully saturated rings. The van der Waals surface area contributed by atoms with Crippen LogP contribution >= 0.6 is 15.9 Å². The molecule has 0 N–H and O–H groups in total. The number of hydrogen-bond acceptors (Lipinski definition) is 1. The molecule has 2 heteroatoms. The zero-order valence-corrected chi connectivity index (χ0v) is 14.6. The number of ether oxygens (including phenoxy) is 1. The minimum absolute atomic E-state index is 0.350. The fourth-order valence-corrected chi connectivity index (χ4v) is 3.96. The van der Waals surface area contributed by atoms with Gasteiger partial charge in [0.05, 0.1) is 6.61 Å². The Morgan fingerprint density at radius 1 is 1.20 bits per heavy atom. The standard InChI is InChI=1S/C18H27BrO/c1-14(2)17-8-7-16(11-15(17)3)20-13-18(12-19)9-5-4-6-10-18/h7-8,11,14H,4-6,9-10,12-13H2,1-3H3. The molecule has 0 amide bonds. The van der Waals surface area contributed by atoms with Crippen LogP contribution in [0.15, 0.2) is 18.2 Å². The first-order valence-electron chi connectivity index (χ1n) is 7.86. The van der Waals surface area contributed by atoms with Gasteiger partial charge in [0.15, 0.2) is 0 Å². The summed E-state index contributed by atoms with van der Waals surface area (Å²) < 4.78 is 6.13. The minimum Gasteiger partial charge on any atom is -0.493 e. The highest BCUT2D eigenvalue weighted by atomic mass is 79.9. The molecule has 0 bridgehead atoms. The van der Waals surface area contributed by atoms with E-state index in [2.05, 4.69) is 54.9 Å². The molecule has 0 unspecified atom stereocenters. The van der Waals surface area contributed by atoms with Gasteiger partial charge in [-0.25, -0.2) is 0 Å². The molecule has 0 saturated heterocycles. The van der Waals surface area contributed by atoms with Crippen LogP contribution in [0.25, 0.3) is 0 Å². The van der Waals surface area contributed by atoms with Gasteiger partial charge in [0.25, 0.3) is 0 Å². The maximum atomic E-state index is 6.13. The molecular weight excluding hydrogens is 312 g/mol. The SMILES string of the molecule is Cc1cc(OCC2(CBr)CCCCC2)ccc1C(C)C. The van der Waals surface area contributed by atoms with E-state index in [1.54, 1.807) is 0 Å². The fraction of sp³-hybridized carbons (Fsp3) is 0.667. The van der Waals surface area contributed by atoms with Crippen molar-refractivity contribution in [2.75, 3.05) is 11.9 Å². The molecule has 1 aliphatic rings. The molecule has 20 heavy (non-hydrogen) atoms. The predicted molar refractivity (Wildman–Crippen MR) is 90.1 cm³/mol. The summed E-state index contributed by atoms with van der Waals surface area (Å²) in [5.74, 6) is 1.61. The maximum absolute atomic E-state index is 6.13. The highest BCUT2D eigenvalue weighted by Crippen LogP contribution is 2.38. The van der Waals surface area contributed by atoms with Crippen LogP contribution in [-0.2, 0) is 0 Å². The summed E-state index contributed by atoms with van der Waals surface area (Å²) in [5.41, 5.74) is 3.11. The lowest BCUT2D eigenvalue weighted by atomic mass is 9.76. The van der Waals surface area contributed by atoms with Crippen molar-refractivity contribution < 1.29 is 4.74 Å². The van der Waals surface area contributed by atoms with Crippen molar-refractivity contribution in [1.82, 2.24) is 0 Å². The summed E-state index contributed by atoms with van der Waals surface area (Å²) in [7, 11) is 0. The Morgan fingerprint density at radius 3 is 2.45 bits per heavy atom. The Kier molecular flexibility index (Phi) is 5.54. The van der Waals surface area contributed by atoms with E-state index >= 15 is 0 Å². The van der Waals surface area contributed by atoms with E-state index in [9.17, 15) is 0 Å². The molecular formula is C18H27BrO. The number of benzene rings is 1. The van der Waals surface area contributed by atoms with Gasteiger partial charge in [0, 0.05) is 10.7 Å². The van der Waals surface area contributed by atoms with E-state index in [-0.39, 0.29) is 0 Å². The molecule has 1 nitrogen and oxygen atoms in total. The monoisotopic (exact) mass is 338 g/mol. The third-order valence-electron chi connectivity index (χ3n) is 4.61. The zero-order chi connectivity index (χ0) is 14.6. The molecule has 0 spiro atoms. The van der Waals surface area contributed by atoms with E-state index in [4.69, 9.17) is 4.74 Å². The van der Waals surface area contributed by atoms with Crippen LogP contribution in [-0.4, -0.2) is 11.9 Å². The summed E-state index contributed by atoms with van der Waals surface area (Å²) in [5, 5.41) is 1.06. The van der Waals surface area contributed by atoms with Crippen molar-refractivity contribution in [3.8, 4) is 5.75 Å².